The zero-order valence-electron chi connectivity index (χ0n) is 24.8. The molecule has 48 heavy (non-hydrogen) atoms. The summed E-state index contributed by atoms with van der Waals surface area (Å²) in [7, 11) is -8.50. The van der Waals surface area contributed by atoms with Crippen LogP contribution in [0.2, 0.25) is 20.1 Å². The first-order valence-corrected chi connectivity index (χ1v) is 18.5. The van der Waals surface area contributed by atoms with E-state index in [2.05, 4.69) is 4.98 Å². The third kappa shape index (κ3) is 8.66. The average molecular weight is 770 g/mol. The van der Waals surface area contributed by atoms with Gasteiger partial charge in [-0.15, -0.1) is 0 Å². The maximum Gasteiger partial charge on any atom is 0.247 e. The molecule has 0 atom stereocenters. The number of phenols is 1. The van der Waals surface area contributed by atoms with Gasteiger partial charge in [-0.3, -0.25) is 4.98 Å². The molecule has 0 unspecified atom stereocenters. The first-order valence-electron chi connectivity index (χ1n) is 14.1. The van der Waals surface area contributed by atoms with Crippen LogP contribution in [-0.2, 0) is 46.2 Å². The summed E-state index contributed by atoms with van der Waals surface area (Å²) in [6, 6.07) is 23.6. The third-order valence-electron chi connectivity index (χ3n) is 7.16. The van der Waals surface area contributed by atoms with Crippen LogP contribution < -0.4 is 0 Å². The van der Waals surface area contributed by atoms with E-state index in [0.29, 0.717) is 22.4 Å². The molecule has 0 radical (unpaired) electrons. The first kappa shape index (κ1) is 36.0. The fourth-order valence-electron chi connectivity index (χ4n) is 4.78. The van der Waals surface area contributed by atoms with Crippen molar-refractivity contribution in [1.29, 1.82) is 0 Å². The second-order valence-corrected chi connectivity index (χ2v) is 16.2. The standard InChI is InChI=1S/C33H26Cl4FN3O5S2/c34-25-13-26(35)15-30(14-25)47(43,44)41(21-29-3-1-2-12-39-29)20-23-6-4-22(5-7-23)18-40(19-24-8-10-28(38)11-9-24)48(45,46)32-17-27(36)16-31(37)33(32)42/h1-17,42H,18-21H2. The molecule has 0 fully saturated rings. The van der Waals surface area contributed by atoms with Crippen molar-refractivity contribution < 1.29 is 26.3 Å². The monoisotopic (exact) mass is 767 g/mol. The molecule has 8 nitrogen and oxygen atoms in total. The molecule has 0 saturated heterocycles. The quantitative estimate of drug-likeness (QED) is 0.137. The minimum atomic E-state index is -4.40. The van der Waals surface area contributed by atoms with Crippen LogP contribution in [0.4, 0.5) is 4.39 Å². The number of nitrogens with zero attached hydrogens (tertiary/aromatic N) is 3. The van der Waals surface area contributed by atoms with Gasteiger partial charge in [0.2, 0.25) is 20.0 Å². The SMILES string of the molecule is O=S(=O)(c1cc(Cl)cc(Cl)c1)N(Cc1ccc(CN(Cc2ccc(F)cc2)S(=O)(=O)c2cc(Cl)cc(Cl)c2O)cc1)Cc1ccccn1. The Kier molecular flexibility index (Phi) is 11.3. The molecule has 0 bridgehead atoms. The van der Waals surface area contributed by atoms with E-state index in [1.165, 1.54) is 52.8 Å². The van der Waals surface area contributed by atoms with Crippen LogP contribution in [0.25, 0.3) is 0 Å². The number of hydrogen-bond donors (Lipinski definition) is 1. The molecule has 1 heterocycles. The summed E-state index contributed by atoms with van der Waals surface area (Å²) in [5, 5.41) is 10.7. The predicted octanol–water partition coefficient (Wildman–Crippen LogP) is 8.32. The van der Waals surface area contributed by atoms with Gasteiger partial charge in [-0.2, -0.15) is 8.61 Å². The van der Waals surface area contributed by atoms with Crippen LogP contribution in [0.1, 0.15) is 22.4 Å². The molecule has 4 aromatic carbocycles. The molecule has 0 amide bonds. The molecular formula is C33H26Cl4FN3O5S2. The van der Waals surface area contributed by atoms with Crippen LogP contribution in [-0.4, -0.2) is 35.5 Å². The van der Waals surface area contributed by atoms with Gasteiger partial charge in [0.25, 0.3) is 0 Å². The van der Waals surface area contributed by atoms with Crippen molar-refractivity contribution in [2.45, 2.75) is 36.0 Å². The van der Waals surface area contributed by atoms with Gasteiger partial charge in [0.1, 0.15) is 10.7 Å². The number of halogens is 5. The van der Waals surface area contributed by atoms with Gasteiger partial charge in [-0.05, 0) is 71.3 Å². The second-order valence-electron chi connectivity index (χ2n) is 10.6. The van der Waals surface area contributed by atoms with Crippen LogP contribution >= 0.6 is 46.4 Å². The maximum absolute atomic E-state index is 13.9. The molecule has 1 N–H and O–H groups in total. The highest BCUT2D eigenvalue weighted by Crippen LogP contribution is 2.37. The number of aromatic nitrogens is 1. The van der Waals surface area contributed by atoms with Crippen LogP contribution in [0.15, 0.2) is 113 Å². The van der Waals surface area contributed by atoms with E-state index in [1.54, 1.807) is 48.7 Å². The lowest BCUT2D eigenvalue weighted by atomic mass is 10.1. The molecule has 5 aromatic rings. The Morgan fingerprint density at radius 2 is 1.12 bits per heavy atom. The van der Waals surface area contributed by atoms with Crippen molar-refractivity contribution in [2.75, 3.05) is 0 Å². The molecule has 0 spiro atoms. The molecule has 1 aromatic heterocycles. The summed E-state index contributed by atoms with van der Waals surface area (Å²) >= 11 is 24.4. The molecule has 15 heteroatoms. The van der Waals surface area contributed by atoms with Gasteiger partial charge < -0.3 is 5.11 Å². The predicted molar refractivity (Wildman–Crippen MR) is 185 cm³/mol. The van der Waals surface area contributed by atoms with Crippen molar-refractivity contribution in [3.8, 4) is 5.75 Å². The fourth-order valence-corrected chi connectivity index (χ4v) is 9.07. The first-order chi connectivity index (χ1) is 22.7. The summed E-state index contributed by atoms with van der Waals surface area (Å²) < 4.78 is 71.4. The Balaban J connectivity index is 1.46. The van der Waals surface area contributed by atoms with Gasteiger partial charge in [-0.25, -0.2) is 21.2 Å². The van der Waals surface area contributed by atoms with Crippen LogP contribution in [0.3, 0.4) is 0 Å². The molecule has 0 aliphatic heterocycles. The van der Waals surface area contributed by atoms with E-state index in [-0.39, 0.29) is 51.2 Å². The van der Waals surface area contributed by atoms with E-state index in [9.17, 15) is 26.3 Å². The van der Waals surface area contributed by atoms with E-state index >= 15 is 0 Å². The maximum atomic E-state index is 13.9. The number of phenolic OH excluding ortho intramolecular Hbond substituents is 1. The smallest absolute Gasteiger partial charge is 0.247 e. The summed E-state index contributed by atoms with van der Waals surface area (Å²) in [4.78, 5) is 3.70. The average Bonchev–Trinajstić information content (AvgIpc) is 3.04. The Bertz CT molecular complexity index is 2120. The molecule has 0 saturated carbocycles. The Morgan fingerprint density at radius 1 is 0.625 bits per heavy atom. The Hall–Kier alpha value is -3.26. The lowest BCUT2D eigenvalue weighted by molar-refractivity contribution is 0.392. The highest BCUT2D eigenvalue weighted by molar-refractivity contribution is 7.89. The van der Waals surface area contributed by atoms with Crippen LogP contribution in [0, 0.1) is 5.82 Å². The fraction of sp³-hybridized carbons (Fsp3) is 0.121. The highest BCUT2D eigenvalue weighted by Gasteiger charge is 2.30. The van der Waals surface area contributed by atoms with E-state index in [1.807, 2.05) is 0 Å². The lowest BCUT2D eigenvalue weighted by Crippen LogP contribution is -2.31. The number of aromatic hydroxyl groups is 1. The third-order valence-corrected chi connectivity index (χ3v) is 11.7. The number of pyridine rings is 1. The summed E-state index contributed by atoms with van der Waals surface area (Å²) in [5.41, 5.74) is 2.13. The summed E-state index contributed by atoms with van der Waals surface area (Å²) in [6.45, 7) is -0.451. The molecule has 0 aliphatic carbocycles. The van der Waals surface area contributed by atoms with E-state index < -0.39 is 36.5 Å². The number of benzene rings is 4. The van der Waals surface area contributed by atoms with Gasteiger partial charge >= 0.3 is 0 Å². The highest BCUT2D eigenvalue weighted by atomic mass is 35.5. The normalized spacial score (nSPS) is 12.1. The van der Waals surface area contributed by atoms with Crippen molar-refractivity contribution in [3.63, 3.8) is 0 Å². The molecule has 5 rings (SSSR count). The van der Waals surface area contributed by atoms with E-state index in [0.717, 1.165) is 10.4 Å². The zero-order chi connectivity index (χ0) is 34.6. The van der Waals surface area contributed by atoms with Gasteiger partial charge in [-0.1, -0.05) is 88.9 Å². The number of hydrogen-bond acceptors (Lipinski definition) is 6. The largest absolute Gasteiger partial charge is 0.505 e. The minimum Gasteiger partial charge on any atom is -0.505 e. The van der Waals surface area contributed by atoms with Crippen molar-refractivity contribution in [3.05, 3.63) is 152 Å². The minimum absolute atomic E-state index is 0.00714. The van der Waals surface area contributed by atoms with Gasteiger partial charge in [0, 0.05) is 40.9 Å². The number of sulfonamides is 2. The van der Waals surface area contributed by atoms with Crippen molar-refractivity contribution >= 4 is 66.5 Å². The lowest BCUT2D eigenvalue weighted by Gasteiger charge is -2.24. The molecule has 0 aliphatic rings. The topological polar surface area (TPSA) is 108 Å². The summed E-state index contributed by atoms with van der Waals surface area (Å²) in [6.07, 6.45) is 1.56. The molecular weight excluding hydrogens is 743 g/mol. The summed E-state index contributed by atoms with van der Waals surface area (Å²) in [5.74, 6) is -1.14. The molecule has 250 valence electrons. The van der Waals surface area contributed by atoms with Crippen molar-refractivity contribution in [2.24, 2.45) is 0 Å². The van der Waals surface area contributed by atoms with Crippen LogP contribution in [0.5, 0.6) is 5.75 Å². The number of rotatable bonds is 12. The van der Waals surface area contributed by atoms with E-state index in [4.69, 9.17) is 46.4 Å². The van der Waals surface area contributed by atoms with Gasteiger partial charge in [0.15, 0.2) is 5.75 Å². The van der Waals surface area contributed by atoms with Crippen molar-refractivity contribution in [1.82, 2.24) is 13.6 Å². The Morgan fingerprint density at radius 3 is 1.65 bits per heavy atom. The zero-order valence-corrected chi connectivity index (χ0v) is 29.4. The Labute approximate surface area is 298 Å². The van der Waals surface area contributed by atoms with Gasteiger partial charge in [0.05, 0.1) is 22.2 Å². The second kappa shape index (κ2) is 15.1.